The van der Waals surface area contributed by atoms with Gasteiger partial charge in [0, 0.05) is 17.5 Å². The Morgan fingerprint density at radius 1 is 1.30 bits per heavy atom. The monoisotopic (exact) mass is 286 g/mol. The SMILES string of the molecule is Cc1cccc(-c2nc(CN3CCC(C)CC3)cs2)c1. The van der Waals surface area contributed by atoms with E-state index < -0.39 is 0 Å². The zero-order valence-electron chi connectivity index (χ0n) is 12.3. The summed E-state index contributed by atoms with van der Waals surface area (Å²) in [6.45, 7) is 7.94. The van der Waals surface area contributed by atoms with Crippen LogP contribution in [-0.4, -0.2) is 23.0 Å². The topological polar surface area (TPSA) is 16.1 Å². The number of likely N-dealkylation sites (tertiary alicyclic amines) is 1. The summed E-state index contributed by atoms with van der Waals surface area (Å²) in [6.07, 6.45) is 2.66. The lowest BCUT2D eigenvalue weighted by molar-refractivity contribution is 0.184. The second-order valence-corrected chi connectivity index (χ2v) is 6.83. The van der Waals surface area contributed by atoms with Gasteiger partial charge in [-0.05, 0) is 44.8 Å². The third kappa shape index (κ3) is 3.28. The Bertz CT molecular complexity index is 568. The van der Waals surface area contributed by atoms with Gasteiger partial charge in [0.25, 0.3) is 0 Å². The quantitative estimate of drug-likeness (QED) is 0.834. The molecule has 1 aromatic carbocycles. The molecule has 20 heavy (non-hydrogen) atoms. The molecule has 3 rings (SSSR count). The molecule has 0 bridgehead atoms. The summed E-state index contributed by atoms with van der Waals surface area (Å²) in [4.78, 5) is 7.35. The molecule has 1 fully saturated rings. The van der Waals surface area contributed by atoms with E-state index in [9.17, 15) is 0 Å². The van der Waals surface area contributed by atoms with Crippen molar-refractivity contribution in [1.29, 1.82) is 0 Å². The number of nitrogens with zero attached hydrogens (tertiary/aromatic N) is 2. The van der Waals surface area contributed by atoms with Crippen molar-refractivity contribution < 1.29 is 0 Å². The van der Waals surface area contributed by atoms with Crippen LogP contribution in [0.4, 0.5) is 0 Å². The molecule has 2 aromatic rings. The van der Waals surface area contributed by atoms with Gasteiger partial charge in [-0.3, -0.25) is 4.90 Å². The molecule has 0 radical (unpaired) electrons. The van der Waals surface area contributed by atoms with Gasteiger partial charge in [-0.1, -0.05) is 30.7 Å². The first kappa shape index (κ1) is 13.8. The van der Waals surface area contributed by atoms with E-state index in [0.717, 1.165) is 17.5 Å². The maximum atomic E-state index is 4.81. The van der Waals surface area contributed by atoms with Crippen molar-refractivity contribution in [2.24, 2.45) is 5.92 Å². The molecule has 0 amide bonds. The lowest BCUT2D eigenvalue weighted by atomic mass is 9.99. The molecule has 3 heteroatoms. The first-order valence-corrected chi connectivity index (χ1v) is 8.32. The molecule has 0 atom stereocenters. The lowest BCUT2D eigenvalue weighted by Gasteiger charge is -2.29. The molecule has 1 aromatic heterocycles. The number of hydrogen-bond acceptors (Lipinski definition) is 3. The fourth-order valence-corrected chi connectivity index (χ4v) is 3.55. The number of rotatable bonds is 3. The molecule has 1 saturated heterocycles. The summed E-state index contributed by atoms with van der Waals surface area (Å²) in [5.74, 6) is 0.893. The van der Waals surface area contributed by atoms with E-state index in [1.807, 2.05) is 0 Å². The maximum absolute atomic E-state index is 4.81. The van der Waals surface area contributed by atoms with Crippen LogP contribution in [0.2, 0.25) is 0 Å². The molecule has 1 aliphatic heterocycles. The van der Waals surface area contributed by atoms with Gasteiger partial charge in [0.2, 0.25) is 0 Å². The average Bonchev–Trinajstić information content (AvgIpc) is 2.90. The molecule has 106 valence electrons. The Morgan fingerprint density at radius 2 is 2.10 bits per heavy atom. The normalized spacial score (nSPS) is 17.5. The fourth-order valence-electron chi connectivity index (χ4n) is 2.74. The number of thiazole rings is 1. The third-order valence-electron chi connectivity index (χ3n) is 4.08. The standard InChI is InChI=1S/C17H22N2S/c1-13-6-8-19(9-7-13)11-16-12-20-17(18-16)15-5-3-4-14(2)10-15/h3-5,10,12-13H,6-9,11H2,1-2H3. The summed E-state index contributed by atoms with van der Waals surface area (Å²) in [6, 6.07) is 8.61. The highest BCUT2D eigenvalue weighted by molar-refractivity contribution is 7.13. The van der Waals surface area contributed by atoms with Gasteiger partial charge in [0.05, 0.1) is 5.69 Å². The molecular weight excluding hydrogens is 264 g/mol. The van der Waals surface area contributed by atoms with E-state index in [1.54, 1.807) is 11.3 Å². The highest BCUT2D eigenvalue weighted by Crippen LogP contribution is 2.26. The first-order valence-electron chi connectivity index (χ1n) is 7.44. The number of hydrogen-bond donors (Lipinski definition) is 0. The van der Waals surface area contributed by atoms with Crippen LogP contribution >= 0.6 is 11.3 Å². The van der Waals surface area contributed by atoms with Crippen molar-refractivity contribution in [2.75, 3.05) is 13.1 Å². The van der Waals surface area contributed by atoms with E-state index in [0.29, 0.717) is 0 Å². The van der Waals surface area contributed by atoms with E-state index in [2.05, 4.69) is 48.4 Å². The molecular formula is C17H22N2S. The summed E-state index contributed by atoms with van der Waals surface area (Å²) in [5, 5.41) is 3.37. The molecule has 0 aliphatic carbocycles. The van der Waals surface area contributed by atoms with Crippen LogP contribution in [0.15, 0.2) is 29.6 Å². The van der Waals surface area contributed by atoms with E-state index in [-0.39, 0.29) is 0 Å². The minimum atomic E-state index is 0.893. The summed E-state index contributed by atoms with van der Waals surface area (Å²) in [7, 11) is 0. The first-order chi connectivity index (χ1) is 9.70. The van der Waals surface area contributed by atoms with E-state index in [1.165, 1.54) is 42.8 Å². The van der Waals surface area contributed by atoms with Crippen LogP contribution in [-0.2, 0) is 6.54 Å². The minimum absolute atomic E-state index is 0.893. The number of aryl methyl sites for hydroxylation is 1. The predicted molar refractivity (Wildman–Crippen MR) is 86.0 cm³/mol. The second-order valence-electron chi connectivity index (χ2n) is 5.97. The van der Waals surface area contributed by atoms with Crippen molar-refractivity contribution in [3.05, 3.63) is 40.9 Å². The van der Waals surface area contributed by atoms with Gasteiger partial charge >= 0.3 is 0 Å². The second kappa shape index (κ2) is 6.06. The van der Waals surface area contributed by atoms with E-state index in [4.69, 9.17) is 4.98 Å². The molecule has 0 saturated carbocycles. The van der Waals surface area contributed by atoms with Crippen molar-refractivity contribution in [3.63, 3.8) is 0 Å². The van der Waals surface area contributed by atoms with Crippen LogP contribution in [0.3, 0.4) is 0 Å². The number of benzene rings is 1. The Morgan fingerprint density at radius 3 is 2.85 bits per heavy atom. The largest absolute Gasteiger partial charge is 0.297 e. The zero-order valence-corrected chi connectivity index (χ0v) is 13.1. The Hall–Kier alpha value is -1.19. The smallest absolute Gasteiger partial charge is 0.123 e. The van der Waals surface area contributed by atoms with Gasteiger partial charge in [0.1, 0.15) is 5.01 Å². The highest BCUT2D eigenvalue weighted by Gasteiger charge is 2.16. The van der Waals surface area contributed by atoms with Crippen molar-refractivity contribution in [2.45, 2.75) is 33.2 Å². The van der Waals surface area contributed by atoms with Gasteiger partial charge < -0.3 is 0 Å². The van der Waals surface area contributed by atoms with Gasteiger partial charge in [-0.15, -0.1) is 11.3 Å². The number of aromatic nitrogens is 1. The van der Waals surface area contributed by atoms with Crippen LogP contribution in [0.25, 0.3) is 10.6 Å². The van der Waals surface area contributed by atoms with Crippen molar-refractivity contribution >= 4 is 11.3 Å². The van der Waals surface area contributed by atoms with Crippen molar-refractivity contribution in [1.82, 2.24) is 9.88 Å². The van der Waals surface area contributed by atoms with Crippen LogP contribution in [0.1, 0.15) is 31.0 Å². The molecule has 0 unspecified atom stereocenters. The van der Waals surface area contributed by atoms with Gasteiger partial charge in [-0.25, -0.2) is 4.98 Å². The summed E-state index contributed by atoms with van der Waals surface area (Å²) in [5.41, 5.74) is 3.76. The average molecular weight is 286 g/mol. The fraction of sp³-hybridized carbons (Fsp3) is 0.471. The van der Waals surface area contributed by atoms with Gasteiger partial charge in [0.15, 0.2) is 0 Å². The Kier molecular flexibility index (Phi) is 4.18. The third-order valence-corrected chi connectivity index (χ3v) is 5.02. The summed E-state index contributed by atoms with van der Waals surface area (Å²) >= 11 is 1.76. The molecule has 2 nitrogen and oxygen atoms in total. The molecule has 0 spiro atoms. The number of piperidine rings is 1. The Labute approximate surface area is 125 Å². The predicted octanol–water partition coefficient (Wildman–Crippen LogP) is 4.35. The lowest BCUT2D eigenvalue weighted by Crippen LogP contribution is -2.32. The van der Waals surface area contributed by atoms with E-state index >= 15 is 0 Å². The molecule has 0 N–H and O–H groups in total. The zero-order chi connectivity index (χ0) is 13.9. The molecule has 2 heterocycles. The Balaban J connectivity index is 1.68. The maximum Gasteiger partial charge on any atom is 0.123 e. The van der Waals surface area contributed by atoms with Crippen LogP contribution in [0.5, 0.6) is 0 Å². The van der Waals surface area contributed by atoms with Crippen molar-refractivity contribution in [3.8, 4) is 10.6 Å². The van der Waals surface area contributed by atoms with Gasteiger partial charge in [-0.2, -0.15) is 0 Å². The van der Waals surface area contributed by atoms with Crippen LogP contribution < -0.4 is 0 Å². The minimum Gasteiger partial charge on any atom is -0.297 e. The molecule has 1 aliphatic rings. The van der Waals surface area contributed by atoms with Crippen LogP contribution in [0, 0.1) is 12.8 Å². The highest BCUT2D eigenvalue weighted by atomic mass is 32.1. The summed E-state index contributed by atoms with van der Waals surface area (Å²) < 4.78 is 0.